The van der Waals surface area contributed by atoms with Crippen molar-refractivity contribution in [3.05, 3.63) is 46.4 Å². The number of halogens is 3. The molecule has 0 spiro atoms. The Labute approximate surface area is 112 Å². The lowest BCUT2D eigenvalue weighted by Crippen LogP contribution is -2.22. The summed E-state index contributed by atoms with van der Waals surface area (Å²) >= 11 is 1.37. The molecule has 3 nitrogen and oxygen atoms in total. The Hall–Kier alpha value is -1.60. The molecule has 0 saturated carbocycles. The van der Waals surface area contributed by atoms with E-state index in [0.717, 1.165) is 0 Å². The van der Waals surface area contributed by atoms with E-state index in [-0.39, 0.29) is 5.75 Å². The fourth-order valence-corrected chi connectivity index (χ4v) is 2.49. The van der Waals surface area contributed by atoms with Gasteiger partial charge in [-0.2, -0.15) is 0 Å². The summed E-state index contributed by atoms with van der Waals surface area (Å²) in [6, 6.07) is 5.61. The van der Waals surface area contributed by atoms with Gasteiger partial charge in [-0.1, -0.05) is 18.2 Å². The van der Waals surface area contributed by atoms with Gasteiger partial charge < -0.3 is 10.1 Å². The molecule has 0 amide bonds. The average Bonchev–Trinajstić information content (AvgIpc) is 2.84. The first-order valence-electron chi connectivity index (χ1n) is 5.42. The number of ether oxygens (including phenoxy) is 1. The molecule has 1 aromatic carbocycles. The number of nitrogens with zero attached hydrogens (tertiary/aromatic N) is 1. The number of hydrogen-bond acceptors (Lipinski definition) is 4. The van der Waals surface area contributed by atoms with Crippen molar-refractivity contribution in [1.82, 2.24) is 10.3 Å². The number of benzene rings is 1. The van der Waals surface area contributed by atoms with E-state index in [0.29, 0.717) is 10.6 Å². The molecular formula is C12H11F3N2OS. The lowest BCUT2D eigenvalue weighted by Gasteiger charge is -2.19. The van der Waals surface area contributed by atoms with Gasteiger partial charge in [-0.3, -0.25) is 0 Å². The number of hydrogen-bond donors (Lipinski definition) is 1. The van der Waals surface area contributed by atoms with E-state index in [1.54, 1.807) is 30.8 Å². The van der Waals surface area contributed by atoms with Gasteiger partial charge in [-0.05, 0) is 13.1 Å². The van der Waals surface area contributed by atoms with Gasteiger partial charge in [0.05, 0.1) is 6.04 Å². The topological polar surface area (TPSA) is 34.2 Å². The molecule has 2 aromatic rings. The molecular weight excluding hydrogens is 277 g/mol. The van der Waals surface area contributed by atoms with Crippen LogP contribution in [0.1, 0.15) is 16.6 Å². The Morgan fingerprint density at radius 3 is 2.63 bits per heavy atom. The molecule has 0 aliphatic carbocycles. The third kappa shape index (κ3) is 3.45. The maximum atomic E-state index is 12.4. The van der Waals surface area contributed by atoms with Gasteiger partial charge in [0.15, 0.2) is 0 Å². The summed E-state index contributed by atoms with van der Waals surface area (Å²) in [4.78, 5) is 4.12. The molecule has 1 aromatic heterocycles. The van der Waals surface area contributed by atoms with Gasteiger partial charge in [-0.25, -0.2) is 4.98 Å². The largest absolute Gasteiger partial charge is 0.573 e. The van der Waals surface area contributed by atoms with Crippen molar-refractivity contribution < 1.29 is 17.9 Å². The monoisotopic (exact) mass is 288 g/mol. The van der Waals surface area contributed by atoms with Crippen molar-refractivity contribution in [2.24, 2.45) is 0 Å². The Bertz CT molecular complexity index is 528. The van der Waals surface area contributed by atoms with Crippen LogP contribution >= 0.6 is 11.3 Å². The van der Waals surface area contributed by atoms with Gasteiger partial charge in [-0.15, -0.1) is 24.5 Å². The molecule has 0 saturated heterocycles. The van der Waals surface area contributed by atoms with Crippen molar-refractivity contribution in [1.29, 1.82) is 0 Å². The normalized spacial score (nSPS) is 13.3. The van der Waals surface area contributed by atoms with E-state index >= 15 is 0 Å². The van der Waals surface area contributed by atoms with Gasteiger partial charge in [0.25, 0.3) is 0 Å². The van der Waals surface area contributed by atoms with Gasteiger partial charge >= 0.3 is 6.36 Å². The second-order valence-electron chi connectivity index (χ2n) is 3.68. The number of para-hydroxylation sites is 1. The molecule has 0 aliphatic rings. The van der Waals surface area contributed by atoms with Crippen molar-refractivity contribution in [3.63, 3.8) is 0 Å². The highest BCUT2D eigenvalue weighted by molar-refractivity contribution is 7.09. The predicted octanol–water partition coefficient (Wildman–Crippen LogP) is 3.35. The number of rotatable bonds is 4. The van der Waals surface area contributed by atoms with Crippen molar-refractivity contribution in [2.45, 2.75) is 12.4 Å². The summed E-state index contributed by atoms with van der Waals surface area (Å²) < 4.78 is 41.2. The lowest BCUT2D eigenvalue weighted by atomic mass is 10.1. The van der Waals surface area contributed by atoms with Crippen molar-refractivity contribution >= 4 is 11.3 Å². The van der Waals surface area contributed by atoms with E-state index in [2.05, 4.69) is 15.0 Å². The van der Waals surface area contributed by atoms with Crippen LogP contribution in [0.5, 0.6) is 5.75 Å². The first kappa shape index (κ1) is 13.8. The standard InChI is InChI=1S/C12H11F3N2OS/c1-16-10(11-17-6-7-19-11)8-4-2-3-5-9(8)18-12(13,14)15/h2-7,10,16H,1H3. The molecule has 7 heteroatoms. The zero-order valence-corrected chi connectivity index (χ0v) is 10.8. The molecule has 0 bridgehead atoms. The minimum atomic E-state index is -4.71. The van der Waals surface area contributed by atoms with Crippen LogP contribution in [0, 0.1) is 0 Å². The summed E-state index contributed by atoms with van der Waals surface area (Å²) in [6.45, 7) is 0. The van der Waals surface area contributed by atoms with Crippen LogP contribution in [0.2, 0.25) is 0 Å². The predicted molar refractivity (Wildman–Crippen MR) is 66.1 cm³/mol. The van der Waals surface area contributed by atoms with Crippen molar-refractivity contribution in [3.8, 4) is 5.75 Å². The summed E-state index contributed by atoms with van der Waals surface area (Å²) in [7, 11) is 1.66. The number of aromatic nitrogens is 1. The Morgan fingerprint density at radius 2 is 2.05 bits per heavy atom. The molecule has 1 unspecified atom stereocenters. The first-order chi connectivity index (χ1) is 9.01. The molecule has 0 aliphatic heterocycles. The first-order valence-corrected chi connectivity index (χ1v) is 6.30. The third-order valence-electron chi connectivity index (χ3n) is 2.44. The highest BCUT2D eigenvalue weighted by Gasteiger charge is 2.33. The zero-order valence-electron chi connectivity index (χ0n) is 9.94. The quantitative estimate of drug-likeness (QED) is 0.937. The van der Waals surface area contributed by atoms with Crippen molar-refractivity contribution in [2.75, 3.05) is 7.05 Å². The molecule has 0 fully saturated rings. The van der Waals surface area contributed by atoms with E-state index < -0.39 is 12.4 Å². The Balaban J connectivity index is 2.38. The highest BCUT2D eigenvalue weighted by atomic mass is 32.1. The van der Waals surface area contributed by atoms with Gasteiger partial charge in [0.1, 0.15) is 10.8 Å². The van der Waals surface area contributed by atoms with Crippen LogP contribution in [0.15, 0.2) is 35.8 Å². The fraction of sp³-hybridized carbons (Fsp3) is 0.250. The lowest BCUT2D eigenvalue weighted by molar-refractivity contribution is -0.275. The molecule has 102 valence electrons. The molecule has 1 N–H and O–H groups in total. The fourth-order valence-electron chi connectivity index (χ4n) is 1.73. The molecule has 0 radical (unpaired) electrons. The van der Waals surface area contributed by atoms with Crippen LogP contribution < -0.4 is 10.1 Å². The maximum absolute atomic E-state index is 12.4. The highest BCUT2D eigenvalue weighted by Crippen LogP contribution is 2.33. The van der Waals surface area contributed by atoms with E-state index in [1.165, 1.54) is 23.5 Å². The third-order valence-corrected chi connectivity index (χ3v) is 3.28. The zero-order chi connectivity index (χ0) is 13.9. The van der Waals surface area contributed by atoms with E-state index in [1.807, 2.05) is 0 Å². The van der Waals surface area contributed by atoms with E-state index in [4.69, 9.17) is 0 Å². The van der Waals surface area contributed by atoms with Gasteiger partial charge in [0.2, 0.25) is 0 Å². The minimum absolute atomic E-state index is 0.218. The Morgan fingerprint density at radius 1 is 1.32 bits per heavy atom. The van der Waals surface area contributed by atoms with Gasteiger partial charge in [0, 0.05) is 17.1 Å². The molecule has 19 heavy (non-hydrogen) atoms. The Kier molecular flexibility index (Phi) is 4.06. The number of nitrogens with one attached hydrogen (secondary N) is 1. The van der Waals surface area contributed by atoms with Crippen LogP contribution in [0.4, 0.5) is 13.2 Å². The van der Waals surface area contributed by atoms with Crippen LogP contribution in [-0.4, -0.2) is 18.4 Å². The maximum Gasteiger partial charge on any atom is 0.573 e. The molecule has 1 atom stereocenters. The summed E-state index contributed by atoms with van der Waals surface area (Å²) in [5.41, 5.74) is 0.400. The van der Waals surface area contributed by atoms with Crippen LogP contribution in [0.25, 0.3) is 0 Å². The second kappa shape index (κ2) is 5.58. The molecule has 2 rings (SSSR count). The average molecular weight is 288 g/mol. The number of alkyl halides is 3. The minimum Gasteiger partial charge on any atom is -0.405 e. The summed E-state index contributed by atoms with van der Waals surface area (Å²) in [5.74, 6) is -0.218. The van der Waals surface area contributed by atoms with Crippen LogP contribution in [0.3, 0.4) is 0 Å². The smallest absolute Gasteiger partial charge is 0.405 e. The second-order valence-corrected chi connectivity index (χ2v) is 4.60. The number of thiazole rings is 1. The SMILES string of the molecule is CNC(c1nccs1)c1ccccc1OC(F)(F)F. The molecule has 1 heterocycles. The summed E-state index contributed by atoms with van der Waals surface area (Å²) in [6.07, 6.45) is -3.10. The van der Waals surface area contributed by atoms with Crippen LogP contribution in [-0.2, 0) is 0 Å². The van der Waals surface area contributed by atoms with E-state index in [9.17, 15) is 13.2 Å². The summed E-state index contributed by atoms with van der Waals surface area (Å²) in [5, 5.41) is 5.40.